The molecule has 0 N–H and O–H groups in total. The highest BCUT2D eigenvalue weighted by Gasteiger charge is 2.58. The van der Waals surface area contributed by atoms with E-state index in [4.69, 9.17) is 0 Å². The number of hydrogen-bond donors (Lipinski definition) is 0. The zero-order chi connectivity index (χ0) is 14.8. The van der Waals surface area contributed by atoms with Crippen molar-refractivity contribution < 1.29 is 4.79 Å². The third-order valence-corrected chi connectivity index (χ3v) is 7.70. The molecule has 0 radical (unpaired) electrons. The Morgan fingerprint density at radius 1 is 1.05 bits per heavy atom. The highest BCUT2D eigenvalue weighted by Crippen LogP contribution is 2.64. The maximum Gasteiger partial charge on any atom is 0.139 e. The fourth-order valence-electron chi connectivity index (χ4n) is 6.32. The zero-order valence-electron chi connectivity index (χ0n) is 13.7. The first-order valence-electron chi connectivity index (χ1n) is 8.86. The first-order valence-corrected chi connectivity index (χ1v) is 8.86. The first-order chi connectivity index (χ1) is 9.95. The summed E-state index contributed by atoms with van der Waals surface area (Å²) in [5, 5.41) is 0. The first kappa shape index (κ1) is 13.8. The number of carbonyl (C=O) groups is 1. The van der Waals surface area contributed by atoms with Gasteiger partial charge < -0.3 is 0 Å². The van der Waals surface area contributed by atoms with E-state index in [1.807, 2.05) is 0 Å². The number of fused-ring (bicyclic) bond motifs is 5. The minimum atomic E-state index is 0.0270. The van der Waals surface area contributed by atoms with Crippen LogP contribution >= 0.6 is 0 Å². The topological polar surface area (TPSA) is 17.1 Å². The number of ketones is 1. The molecule has 0 aliphatic heterocycles. The molecule has 3 saturated carbocycles. The molecule has 21 heavy (non-hydrogen) atoms. The molecular formula is C20H28O. The Morgan fingerprint density at radius 2 is 1.81 bits per heavy atom. The molecule has 0 aromatic heterocycles. The van der Waals surface area contributed by atoms with Gasteiger partial charge in [-0.3, -0.25) is 4.79 Å². The van der Waals surface area contributed by atoms with E-state index < -0.39 is 0 Å². The molecule has 0 spiro atoms. The van der Waals surface area contributed by atoms with Crippen molar-refractivity contribution in [3.63, 3.8) is 0 Å². The van der Waals surface area contributed by atoms with E-state index in [0.29, 0.717) is 17.1 Å². The smallest absolute Gasteiger partial charge is 0.139 e. The maximum atomic E-state index is 12.4. The zero-order valence-corrected chi connectivity index (χ0v) is 13.7. The van der Waals surface area contributed by atoms with Gasteiger partial charge in [-0.15, -0.1) is 0 Å². The van der Waals surface area contributed by atoms with Crippen molar-refractivity contribution in [1.82, 2.24) is 0 Å². The highest BCUT2D eigenvalue weighted by atomic mass is 16.1. The van der Waals surface area contributed by atoms with E-state index in [9.17, 15) is 4.79 Å². The van der Waals surface area contributed by atoms with Crippen LogP contribution in [0.1, 0.15) is 65.7 Å². The Kier molecular flexibility index (Phi) is 2.85. The summed E-state index contributed by atoms with van der Waals surface area (Å²) in [6.45, 7) is 7.03. The molecule has 0 unspecified atom stereocenters. The van der Waals surface area contributed by atoms with Gasteiger partial charge in [0.15, 0.2) is 0 Å². The van der Waals surface area contributed by atoms with E-state index in [1.165, 1.54) is 37.7 Å². The normalized spacial score (nSPS) is 48.9. The highest BCUT2D eigenvalue weighted by molar-refractivity contribution is 5.87. The monoisotopic (exact) mass is 284 g/mol. The molecule has 0 heterocycles. The average molecular weight is 284 g/mol. The van der Waals surface area contributed by atoms with Gasteiger partial charge in [0.2, 0.25) is 0 Å². The predicted molar refractivity (Wildman–Crippen MR) is 85.9 cm³/mol. The fourth-order valence-corrected chi connectivity index (χ4v) is 6.32. The Morgan fingerprint density at radius 3 is 2.62 bits per heavy atom. The van der Waals surface area contributed by atoms with Gasteiger partial charge in [-0.05, 0) is 68.6 Å². The van der Waals surface area contributed by atoms with Crippen molar-refractivity contribution in [3.8, 4) is 0 Å². The Labute approximate surface area is 128 Å². The van der Waals surface area contributed by atoms with Gasteiger partial charge in [-0.1, -0.05) is 37.1 Å². The molecule has 4 aliphatic rings. The van der Waals surface area contributed by atoms with Crippen molar-refractivity contribution >= 4 is 5.78 Å². The molecule has 0 saturated heterocycles. The molecule has 0 aromatic rings. The lowest BCUT2D eigenvalue weighted by molar-refractivity contribution is -0.132. The SMILES string of the molecule is CC1=CC[C@@]2(C)C(=C1)CC[C@@H]1[C@@H]2CC[C@]2(C)C(=O)CC[C@@H]12. The van der Waals surface area contributed by atoms with E-state index in [0.717, 1.165) is 24.7 Å². The van der Waals surface area contributed by atoms with Crippen LogP contribution in [0.5, 0.6) is 0 Å². The lowest BCUT2D eigenvalue weighted by Crippen LogP contribution is -2.50. The molecule has 1 nitrogen and oxygen atoms in total. The van der Waals surface area contributed by atoms with E-state index in [-0.39, 0.29) is 5.41 Å². The minimum Gasteiger partial charge on any atom is -0.299 e. The van der Waals surface area contributed by atoms with Crippen LogP contribution in [0.15, 0.2) is 23.3 Å². The van der Waals surface area contributed by atoms with Crippen molar-refractivity contribution in [3.05, 3.63) is 23.3 Å². The van der Waals surface area contributed by atoms with Crippen molar-refractivity contribution in [2.75, 3.05) is 0 Å². The minimum absolute atomic E-state index is 0.0270. The summed E-state index contributed by atoms with van der Waals surface area (Å²) in [5.74, 6) is 2.85. The van der Waals surface area contributed by atoms with Crippen LogP contribution in [-0.2, 0) is 4.79 Å². The molecular weight excluding hydrogens is 256 g/mol. The second-order valence-electron chi connectivity index (χ2n) is 8.57. The summed E-state index contributed by atoms with van der Waals surface area (Å²) in [4.78, 5) is 12.4. The Bertz CT molecular complexity index is 554. The number of hydrogen-bond acceptors (Lipinski definition) is 1. The maximum absolute atomic E-state index is 12.4. The quantitative estimate of drug-likeness (QED) is 0.606. The molecule has 3 fully saturated rings. The van der Waals surface area contributed by atoms with E-state index >= 15 is 0 Å². The van der Waals surface area contributed by atoms with Crippen LogP contribution in [-0.4, -0.2) is 5.78 Å². The number of rotatable bonds is 0. The number of carbonyl (C=O) groups excluding carboxylic acids is 1. The van der Waals surface area contributed by atoms with E-state index in [1.54, 1.807) is 5.57 Å². The van der Waals surface area contributed by atoms with Gasteiger partial charge in [-0.2, -0.15) is 0 Å². The summed E-state index contributed by atoms with van der Waals surface area (Å²) < 4.78 is 0. The molecule has 114 valence electrons. The molecule has 5 atom stereocenters. The summed E-state index contributed by atoms with van der Waals surface area (Å²) >= 11 is 0. The fraction of sp³-hybridized carbons (Fsp3) is 0.750. The van der Waals surface area contributed by atoms with Crippen LogP contribution in [0.3, 0.4) is 0 Å². The largest absolute Gasteiger partial charge is 0.299 e. The van der Waals surface area contributed by atoms with Crippen LogP contribution < -0.4 is 0 Å². The molecule has 1 heteroatoms. The molecule has 4 rings (SSSR count). The van der Waals surface area contributed by atoms with Gasteiger partial charge >= 0.3 is 0 Å². The van der Waals surface area contributed by atoms with Gasteiger partial charge in [0.25, 0.3) is 0 Å². The van der Waals surface area contributed by atoms with Gasteiger partial charge in [-0.25, -0.2) is 0 Å². The average Bonchev–Trinajstić information content (AvgIpc) is 2.76. The molecule has 0 amide bonds. The molecule has 4 aliphatic carbocycles. The lowest BCUT2D eigenvalue weighted by atomic mass is 9.48. The predicted octanol–water partition coefficient (Wildman–Crippen LogP) is 5.07. The Hall–Kier alpha value is -0.850. The summed E-state index contributed by atoms with van der Waals surface area (Å²) in [7, 11) is 0. The third-order valence-electron chi connectivity index (χ3n) is 7.70. The van der Waals surface area contributed by atoms with Gasteiger partial charge in [0.1, 0.15) is 5.78 Å². The van der Waals surface area contributed by atoms with Crippen LogP contribution in [0, 0.1) is 28.6 Å². The molecule has 0 aromatic carbocycles. The second-order valence-corrected chi connectivity index (χ2v) is 8.57. The standard InChI is InChI=1S/C20H28O/c1-13-8-10-19(2)14(12-13)4-5-15-16-6-7-18(21)20(16,3)11-9-17(15)19/h8,12,15-17H,4-7,9-11H2,1-3H3/t15-,16-,17-,19-,20-/m0/s1. The Balaban J connectivity index is 1.70. The summed E-state index contributed by atoms with van der Waals surface area (Å²) in [6.07, 6.45) is 13.2. The van der Waals surface area contributed by atoms with Crippen molar-refractivity contribution in [2.24, 2.45) is 28.6 Å². The lowest BCUT2D eigenvalue weighted by Gasteiger charge is -2.56. The van der Waals surface area contributed by atoms with Gasteiger partial charge in [0, 0.05) is 11.8 Å². The van der Waals surface area contributed by atoms with Crippen LogP contribution in [0.2, 0.25) is 0 Å². The summed E-state index contributed by atoms with van der Waals surface area (Å²) in [6, 6.07) is 0. The van der Waals surface area contributed by atoms with Crippen molar-refractivity contribution in [2.45, 2.75) is 65.7 Å². The summed E-state index contributed by atoms with van der Waals surface area (Å²) in [5.41, 5.74) is 3.57. The van der Waals surface area contributed by atoms with Crippen LogP contribution in [0.4, 0.5) is 0 Å². The van der Waals surface area contributed by atoms with Crippen molar-refractivity contribution in [1.29, 1.82) is 0 Å². The molecule has 0 bridgehead atoms. The number of Topliss-reactive ketones (excluding diaryl/α,β-unsaturated/α-hetero) is 1. The van der Waals surface area contributed by atoms with Gasteiger partial charge in [0.05, 0.1) is 0 Å². The van der Waals surface area contributed by atoms with Crippen LogP contribution in [0.25, 0.3) is 0 Å². The third kappa shape index (κ3) is 1.72. The number of allylic oxidation sites excluding steroid dienone is 4. The van der Waals surface area contributed by atoms with E-state index in [2.05, 4.69) is 32.9 Å². The second kappa shape index (κ2) is 4.33.